The molecule has 2 N–H and O–H groups in total. The van der Waals surface area contributed by atoms with Gasteiger partial charge in [0.15, 0.2) is 0 Å². The first-order chi connectivity index (χ1) is 11.8. The second kappa shape index (κ2) is 7.97. The molecule has 0 fully saturated rings. The van der Waals surface area contributed by atoms with Crippen LogP contribution in [0.25, 0.3) is 0 Å². The van der Waals surface area contributed by atoms with E-state index in [0.29, 0.717) is 0 Å². The first-order valence-electron chi connectivity index (χ1n) is 8.02. The van der Waals surface area contributed by atoms with Gasteiger partial charge in [-0.1, -0.05) is 66.7 Å². The molecule has 0 spiro atoms. The van der Waals surface area contributed by atoms with Crippen LogP contribution in [0.3, 0.4) is 0 Å². The smallest absolute Gasteiger partial charge is 0.243 e. The molecule has 0 aliphatic carbocycles. The highest BCUT2D eigenvalue weighted by molar-refractivity contribution is 5.94. The summed E-state index contributed by atoms with van der Waals surface area (Å²) in [6.45, 7) is 0.240. The van der Waals surface area contributed by atoms with Crippen molar-refractivity contribution in [2.24, 2.45) is 0 Å². The maximum atomic E-state index is 12.2. The van der Waals surface area contributed by atoms with Crippen molar-refractivity contribution in [3.05, 3.63) is 96.1 Å². The average molecular weight is 316 g/mol. The van der Waals surface area contributed by atoms with Crippen molar-refractivity contribution in [3.63, 3.8) is 0 Å². The Morgan fingerprint density at radius 1 is 0.750 bits per heavy atom. The number of amides is 1. The monoisotopic (exact) mass is 316 g/mol. The van der Waals surface area contributed by atoms with Crippen LogP contribution in [-0.2, 0) is 11.2 Å². The number of nitrogens with one attached hydrogen (secondary N) is 2. The molecule has 3 heteroatoms. The summed E-state index contributed by atoms with van der Waals surface area (Å²) in [5.41, 5.74) is 4.13. The summed E-state index contributed by atoms with van der Waals surface area (Å²) in [7, 11) is 0. The number of benzene rings is 3. The number of para-hydroxylation sites is 2. The Kier molecular flexibility index (Phi) is 5.25. The zero-order valence-corrected chi connectivity index (χ0v) is 13.4. The van der Waals surface area contributed by atoms with E-state index in [-0.39, 0.29) is 12.5 Å². The van der Waals surface area contributed by atoms with Gasteiger partial charge in [-0.3, -0.25) is 4.79 Å². The van der Waals surface area contributed by atoms with Gasteiger partial charge in [0.05, 0.1) is 6.54 Å². The summed E-state index contributed by atoms with van der Waals surface area (Å²) >= 11 is 0. The standard InChI is InChI=1S/C21H20N2O/c24-21(16-22-19-12-5-2-6-13-19)23-20-14-8-7-11-18(20)15-17-9-3-1-4-10-17/h1-14,22H,15-16H2,(H,23,24). The van der Waals surface area contributed by atoms with Crippen LogP contribution in [0.15, 0.2) is 84.9 Å². The lowest BCUT2D eigenvalue weighted by Gasteiger charge is -2.12. The summed E-state index contributed by atoms with van der Waals surface area (Å²) < 4.78 is 0. The first kappa shape index (κ1) is 15.8. The molecule has 0 aromatic heterocycles. The van der Waals surface area contributed by atoms with Crippen molar-refractivity contribution in [3.8, 4) is 0 Å². The third-order valence-corrected chi connectivity index (χ3v) is 3.76. The predicted octanol–water partition coefficient (Wildman–Crippen LogP) is 4.33. The van der Waals surface area contributed by atoms with Crippen LogP contribution in [-0.4, -0.2) is 12.5 Å². The molecule has 0 aliphatic heterocycles. The lowest BCUT2D eigenvalue weighted by molar-refractivity contribution is -0.114. The number of rotatable bonds is 6. The van der Waals surface area contributed by atoms with Gasteiger partial charge in [0.2, 0.25) is 5.91 Å². The van der Waals surface area contributed by atoms with E-state index in [1.165, 1.54) is 5.56 Å². The third kappa shape index (κ3) is 4.46. The third-order valence-electron chi connectivity index (χ3n) is 3.76. The van der Waals surface area contributed by atoms with Gasteiger partial charge in [0.25, 0.3) is 0 Å². The van der Waals surface area contributed by atoms with Gasteiger partial charge in [0, 0.05) is 11.4 Å². The van der Waals surface area contributed by atoms with Crippen molar-refractivity contribution >= 4 is 17.3 Å². The molecule has 3 nitrogen and oxygen atoms in total. The van der Waals surface area contributed by atoms with Gasteiger partial charge < -0.3 is 10.6 Å². The van der Waals surface area contributed by atoms with E-state index in [9.17, 15) is 4.79 Å². The highest BCUT2D eigenvalue weighted by atomic mass is 16.1. The lowest BCUT2D eigenvalue weighted by Crippen LogP contribution is -2.22. The maximum absolute atomic E-state index is 12.2. The molecule has 0 heterocycles. The van der Waals surface area contributed by atoms with Crippen LogP contribution in [0.4, 0.5) is 11.4 Å². The summed E-state index contributed by atoms with van der Waals surface area (Å²) in [4.78, 5) is 12.2. The first-order valence-corrected chi connectivity index (χ1v) is 8.02. The number of carbonyl (C=O) groups is 1. The van der Waals surface area contributed by atoms with Gasteiger partial charge in [-0.05, 0) is 35.7 Å². The van der Waals surface area contributed by atoms with Gasteiger partial charge in [-0.2, -0.15) is 0 Å². The van der Waals surface area contributed by atoms with Crippen LogP contribution in [0, 0.1) is 0 Å². The lowest BCUT2D eigenvalue weighted by atomic mass is 10.0. The molecule has 0 bridgehead atoms. The van der Waals surface area contributed by atoms with Crippen LogP contribution in [0.5, 0.6) is 0 Å². The summed E-state index contributed by atoms with van der Waals surface area (Å²) in [5.74, 6) is -0.0561. The predicted molar refractivity (Wildman–Crippen MR) is 99.3 cm³/mol. The molecule has 0 saturated carbocycles. The molecule has 0 saturated heterocycles. The number of hydrogen-bond donors (Lipinski definition) is 2. The van der Waals surface area contributed by atoms with E-state index < -0.39 is 0 Å². The molecule has 3 aromatic carbocycles. The Labute approximate surface area is 142 Å². The minimum absolute atomic E-state index is 0.0561. The number of anilines is 2. The molecule has 0 radical (unpaired) electrons. The Morgan fingerprint density at radius 3 is 2.12 bits per heavy atom. The molecule has 3 aromatic rings. The molecular formula is C21H20N2O. The Hall–Kier alpha value is -3.07. The van der Waals surface area contributed by atoms with E-state index in [1.807, 2.05) is 72.8 Å². The van der Waals surface area contributed by atoms with Gasteiger partial charge in [-0.15, -0.1) is 0 Å². The van der Waals surface area contributed by atoms with Gasteiger partial charge >= 0.3 is 0 Å². The molecule has 0 atom stereocenters. The molecule has 1 amide bonds. The van der Waals surface area contributed by atoms with Crippen LogP contribution >= 0.6 is 0 Å². The van der Waals surface area contributed by atoms with Gasteiger partial charge in [0.1, 0.15) is 0 Å². The fourth-order valence-corrected chi connectivity index (χ4v) is 2.54. The summed E-state index contributed by atoms with van der Waals surface area (Å²) in [5, 5.41) is 6.12. The molecule has 3 rings (SSSR count). The average Bonchev–Trinajstić information content (AvgIpc) is 2.63. The van der Waals surface area contributed by atoms with Crippen molar-refractivity contribution < 1.29 is 4.79 Å². The fourth-order valence-electron chi connectivity index (χ4n) is 2.54. The van der Waals surface area contributed by atoms with E-state index in [0.717, 1.165) is 23.4 Å². The summed E-state index contributed by atoms with van der Waals surface area (Å²) in [6, 6.07) is 27.9. The summed E-state index contributed by atoms with van der Waals surface area (Å²) in [6.07, 6.45) is 0.795. The minimum Gasteiger partial charge on any atom is -0.376 e. The molecular weight excluding hydrogens is 296 g/mol. The van der Waals surface area contributed by atoms with Crippen LogP contribution in [0.1, 0.15) is 11.1 Å². The van der Waals surface area contributed by atoms with E-state index in [1.54, 1.807) is 0 Å². The Balaban J connectivity index is 1.63. The van der Waals surface area contributed by atoms with Crippen molar-refractivity contribution in [1.29, 1.82) is 0 Å². The SMILES string of the molecule is O=C(CNc1ccccc1)Nc1ccccc1Cc1ccccc1. The molecule has 0 aliphatic rings. The molecule has 0 unspecified atom stereocenters. The zero-order chi connectivity index (χ0) is 16.6. The fraction of sp³-hybridized carbons (Fsp3) is 0.0952. The van der Waals surface area contributed by atoms with Crippen LogP contribution in [0.2, 0.25) is 0 Å². The van der Waals surface area contributed by atoms with Crippen molar-refractivity contribution in [2.45, 2.75) is 6.42 Å². The molecule has 120 valence electrons. The second-order valence-corrected chi connectivity index (χ2v) is 5.59. The highest BCUT2D eigenvalue weighted by Gasteiger charge is 2.07. The van der Waals surface area contributed by atoms with E-state index >= 15 is 0 Å². The number of carbonyl (C=O) groups excluding carboxylic acids is 1. The van der Waals surface area contributed by atoms with Gasteiger partial charge in [-0.25, -0.2) is 0 Å². The number of hydrogen-bond acceptors (Lipinski definition) is 2. The second-order valence-electron chi connectivity index (χ2n) is 5.59. The van der Waals surface area contributed by atoms with Crippen molar-refractivity contribution in [2.75, 3.05) is 17.2 Å². The Bertz CT molecular complexity index is 785. The quantitative estimate of drug-likeness (QED) is 0.711. The molecule has 24 heavy (non-hydrogen) atoms. The largest absolute Gasteiger partial charge is 0.376 e. The van der Waals surface area contributed by atoms with E-state index in [4.69, 9.17) is 0 Å². The van der Waals surface area contributed by atoms with E-state index in [2.05, 4.69) is 22.8 Å². The Morgan fingerprint density at radius 2 is 1.38 bits per heavy atom. The highest BCUT2D eigenvalue weighted by Crippen LogP contribution is 2.19. The van der Waals surface area contributed by atoms with Crippen LogP contribution < -0.4 is 10.6 Å². The van der Waals surface area contributed by atoms with Crippen molar-refractivity contribution in [1.82, 2.24) is 0 Å². The maximum Gasteiger partial charge on any atom is 0.243 e. The topological polar surface area (TPSA) is 41.1 Å². The zero-order valence-electron chi connectivity index (χ0n) is 13.4. The minimum atomic E-state index is -0.0561. The normalized spacial score (nSPS) is 10.2.